The van der Waals surface area contributed by atoms with Crippen molar-refractivity contribution >= 4 is 45.3 Å². The van der Waals surface area contributed by atoms with E-state index >= 15 is 4.39 Å². The van der Waals surface area contributed by atoms with E-state index in [4.69, 9.17) is 5.26 Å². The van der Waals surface area contributed by atoms with Crippen LogP contribution in [0.4, 0.5) is 19.0 Å². The van der Waals surface area contributed by atoms with E-state index in [1.165, 1.54) is 6.20 Å². The van der Waals surface area contributed by atoms with Crippen molar-refractivity contribution in [1.29, 1.82) is 5.26 Å². The van der Waals surface area contributed by atoms with Crippen molar-refractivity contribution in [2.45, 2.75) is 29.1 Å². The number of ether oxygens (including phenoxy) is 1. The van der Waals surface area contributed by atoms with Crippen molar-refractivity contribution in [3.8, 4) is 11.8 Å². The Hall–Kier alpha value is -1.61. The average Bonchev–Trinajstić information content (AvgIpc) is 3.22. The number of aromatic nitrogens is 1. The number of thioether (sulfide) groups is 2. The average molecular weight is 532 g/mol. The van der Waals surface area contributed by atoms with Crippen LogP contribution in [-0.4, -0.2) is 34.8 Å². The van der Waals surface area contributed by atoms with Gasteiger partial charge in [0.05, 0.1) is 26.3 Å². The summed E-state index contributed by atoms with van der Waals surface area (Å²) in [5.74, 6) is 1.02. The van der Waals surface area contributed by atoms with E-state index < -0.39 is 28.7 Å². The second-order valence-corrected chi connectivity index (χ2v) is 11.1. The molecule has 2 aliphatic rings. The molecule has 0 bridgehead atoms. The lowest BCUT2D eigenvalue weighted by Gasteiger charge is -2.46. The molecule has 1 fully saturated rings. The Morgan fingerprint density at radius 2 is 2.06 bits per heavy atom. The van der Waals surface area contributed by atoms with Gasteiger partial charge < -0.3 is 15.2 Å². The van der Waals surface area contributed by atoms with E-state index in [1.807, 2.05) is 6.07 Å². The highest BCUT2D eigenvalue weighted by Crippen LogP contribution is 2.62. The van der Waals surface area contributed by atoms with Gasteiger partial charge in [0.2, 0.25) is 0 Å². The minimum Gasteiger partial charge on any atom is -0.431 e. The monoisotopic (exact) mass is 531 g/mol. The van der Waals surface area contributed by atoms with Crippen molar-refractivity contribution in [2.24, 2.45) is 0 Å². The molecule has 0 amide bonds. The third-order valence-electron chi connectivity index (χ3n) is 5.45. The summed E-state index contributed by atoms with van der Waals surface area (Å²) in [6.07, 6.45) is 2.22. The van der Waals surface area contributed by atoms with Gasteiger partial charge in [-0.05, 0) is 40.4 Å². The third-order valence-corrected chi connectivity index (χ3v) is 9.60. The Labute approximate surface area is 193 Å². The zero-order valence-electron chi connectivity index (χ0n) is 16.0. The van der Waals surface area contributed by atoms with E-state index in [0.717, 1.165) is 17.6 Å². The number of nitriles is 1. The topological polar surface area (TPSA) is 78.2 Å². The minimum atomic E-state index is -3.12. The number of anilines is 1. The van der Waals surface area contributed by atoms with Gasteiger partial charge in [0, 0.05) is 29.3 Å². The van der Waals surface area contributed by atoms with E-state index in [9.17, 15) is 13.9 Å². The van der Waals surface area contributed by atoms with Crippen LogP contribution in [0.15, 0.2) is 28.9 Å². The van der Waals surface area contributed by atoms with Crippen LogP contribution in [0.3, 0.4) is 0 Å². The fraction of sp³-hybridized carbons (Fsp3) is 0.400. The van der Waals surface area contributed by atoms with Crippen LogP contribution in [0, 0.1) is 17.1 Å². The van der Waals surface area contributed by atoms with Gasteiger partial charge >= 0.3 is 6.61 Å². The van der Waals surface area contributed by atoms with E-state index in [-0.39, 0.29) is 17.1 Å². The number of benzene rings is 1. The maximum absolute atomic E-state index is 15.4. The number of hydrogen-bond donors (Lipinski definition) is 2. The number of fused-ring (bicyclic) bond motifs is 2. The molecule has 1 saturated heterocycles. The fourth-order valence-electron chi connectivity index (χ4n) is 4.05. The molecule has 1 aliphatic heterocycles. The number of aliphatic hydroxyl groups is 1. The summed E-state index contributed by atoms with van der Waals surface area (Å²) in [6, 6.07) is 6.30. The zero-order valence-corrected chi connectivity index (χ0v) is 19.2. The van der Waals surface area contributed by atoms with E-state index in [1.54, 1.807) is 35.7 Å². The number of hydrogen-bond acceptors (Lipinski definition) is 7. The summed E-state index contributed by atoms with van der Waals surface area (Å²) in [7, 11) is 0. The Bertz CT molecular complexity index is 1050. The lowest BCUT2D eigenvalue weighted by atomic mass is 9.76. The molecule has 2 N–H and O–H groups in total. The lowest BCUT2D eigenvalue weighted by molar-refractivity contribution is -0.0496. The normalized spacial score (nSPS) is 21.7. The summed E-state index contributed by atoms with van der Waals surface area (Å²) in [5, 5.41) is 22.6. The molecule has 0 saturated carbocycles. The van der Waals surface area contributed by atoms with Gasteiger partial charge in [-0.15, -0.1) is 23.5 Å². The molecule has 0 radical (unpaired) electrons. The van der Waals surface area contributed by atoms with E-state index in [2.05, 4.69) is 31.0 Å². The number of pyridine rings is 1. The summed E-state index contributed by atoms with van der Waals surface area (Å²) in [5.41, 5.74) is -0.0612. The predicted octanol–water partition coefficient (Wildman–Crippen LogP) is 5.18. The number of nitrogens with one attached hydrogen (secondary N) is 1. The number of aliphatic hydroxyl groups excluding tert-OH is 1. The minimum absolute atomic E-state index is 0.0506. The van der Waals surface area contributed by atoms with Crippen molar-refractivity contribution in [3.05, 3.63) is 51.4 Å². The van der Waals surface area contributed by atoms with Gasteiger partial charge in [0.15, 0.2) is 11.6 Å². The fourth-order valence-corrected chi connectivity index (χ4v) is 7.72. The molecule has 1 spiro atoms. The summed E-state index contributed by atoms with van der Waals surface area (Å²) in [4.78, 5) is 4.08. The SMILES string of the molecule is N#Cc1cnc(N[C@@]2(CO)CCC3(SCCS3)c3c2ccc(Br)c3F)c(OC(F)F)c1. The molecule has 5 nitrogen and oxygen atoms in total. The molecule has 4 rings (SSSR count). The van der Waals surface area contributed by atoms with Gasteiger partial charge in [0.25, 0.3) is 0 Å². The molecule has 31 heavy (non-hydrogen) atoms. The van der Waals surface area contributed by atoms with Crippen molar-refractivity contribution in [2.75, 3.05) is 23.4 Å². The number of halogens is 4. The van der Waals surface area contributed by atoms with Crippen LogP contribution in [0.25, 0.3) is 0 Å². The lowest BCUT2D eigenvalue weighted by Crippen LogP contribution is -2.46. The molecule has 2 aromatic rings. The van der Waals surface area contributed by atoms with Crippen LogP contribution < -0.4 is 10.1 Å². The highest BCUT2D eigenvalue weighted by Gasteiger charge is 2.51. The van der Waals surface area contributed by atoms with Gasteiger partial charge in [-0.1, -0.05) is 6.07 Å². The molecule has 164 valence electrons. The van der Waals surface area contributed by atoms with Gasteiger partial charge in [-0.2, -0.15) is 14.0 Å². The molecule has 11 heteroatoms. The van der Waals surface area contributed by atoms with Crippen LogP contribution in [0.2, 0.25) is 0 Å². The van der Waals surface area contributed by atoms with Gasteiger partial charge in [-0.3, -0.25) is 0 Å². The number of rotatable bonds is 5. The first kappa shape index (κ1) is 22.6. The van der Waals surface area contributed by atoms with Crippen molar-refractivity contribution < 1.29 is 23.0 Å². The Kier molecular flexibility index (Phi) is 6.36. The van der Waals surface area contributed by atoms with Crippen LogP contribution in [0.1, 0.15) is 29.5 Å². The van der Waals surface area contributed by atoms with Crippen molar-refractivity contribution in [3.63, 3.8) is 0 Å². The van der Waals surface area contributed by atoms with Crippen molar-refractivity contribution in [1.82, 2.24) is 4.98 Å². The Morgan fingerprint density at radius 1 is 1.32 bits per heavy atom. The summed E-state index contributed by atoms with van der Waals surface area (Å²) >= 11 is 6.63. The largest absolute Gasteiger partial charge is 0.431 e. The second-order valence-electron chi connectivity index (χ2n) is 7.16. The first-order chi connectivity index (χ1) is 14.8. The quantitative estimate of drug-likeness (QED) is 0.550. The summed E-state index contributed by atoms with van der Waals surface area (Å²) in [6.45, 7) is -3.54. The zero-order chi connectivity index (χ0) is 22.2. The molecular formula is C20H17BrF3N3O2S2. The maximum Gasteiger partial charge on any atom is 0.387 e. The first-order valence-corrected chi connectivity index (χ1v) is 12.1. The maximum atomic E-state index is 15.4. The molecule has 1 aromatic carbocycles. The Morgan fingerprint density at radius 3 is 2.71 bits per heavy atom. The number of nitrogens with zero attached hydrogens (tertiary/aromatic N) is 2. The Balaban J connectivity index is 1.83. The first-order valence-electron chi connectivity index (χ1n) is 9.35. The standard InChI is InChI=1S/C20H17BrF3N3O2S2/c21-13-2-1-12-15(16(13)22)20(30-5-6-31-20)4-3-19(12,10-28)27-17-14(29-18(23)24)7-11(8-25)9-26-17/h1-2,7,9,18,28H,3-6,10H2,(H,26,27)/t19-/m1/s1. The smallest absolute Gasteiger partial charge is 0.387 e. The highest BCUT2D eigenvalue weighted by atomic mass is 79.9. The third kappa shape index (κ3) is 3.99. The van der Waals surface area contributed by atoms with Gasteiger partial charge in [0.1, 0.15) is 11.9 Å². The molecule has 1 atom stereocenters. The second kappa shape index (κ2) is 8.73. The summed E-state index contributed by atoms with van der Waals surface area (Å²) < 4.78 is 45.7. The molecule has 2 heterocycles. The van der Waals surface area contributed by atoms with Crippen LogP contribution >= 0.6 is 39.5 Å². The molecule has 1 aromatic heterocycles. The van der Waals surface area contributed by atoms with Crippen LogP contribution in [-0.2, 0) is 9.62 Å². The number of alkyl halides is 2. The van der Waals surface area contributed by atoms with Gasteiger partial charge in [-0.25, -0.2) is 9.37 Å². The van der Waals surface area contributed by atoms with E-state index in [0.29, 0.717) is 28.4 Å². The predicted molar refractivity (Wildman–Crippen MR) is 118 cm³/mol. The molecule has 1 aliphatic carbocycles. The molecular weight excluding hydrogens is 515 g/mol. The highest BCUT2D eigenvalue weighted by molar-refractivity contribution is 9.10. The van der Waals surface area contributed by atoms with Crippen LogP contribution in [0.5, 0.6) is 5.75 Å². The molecule has 0 unspecified atom stereocenters.